The number of para-hydroxylation sites is 1. The Morgan fingerprint density at radius 2 is 1.96 bits per heavy atom. The van der Waals surface area contributed by atoms with Crippen LogP contribution in [0, 0.1) is 0 Å². The fourth-order valence-corrected chi connectivity index (χ4v) is 4.67. The van der Waals surface area contributed by atoms with Crippen LogP contribution in [0.5, 0.6) is 0 Å². The van der Waals surface area contributed by atoms with Gasteiger partial charge in [-0.05, 0) is 36.2 Å². The van der Waals surface area contributed by atoms with Crippen LogP contribution in [0.25, 0.3) is 10.9 Å². The molecule has 3 aromatic rings. The van der Waals surface area contributed by atoms with Gasteiger partial charge in [0.2, 0.25) is 16.0 Å². The van der Waals surface area contributed by atoms with Crippen molar-refractivity contribution in [3.63, 3.8) is 0 Å². The summed E-state index contributed by atoms with van der Waals surface area (Å²) >= 11 is 0. The lowest BCUT2D eigenvalue weighted by molar-refractivity contribution is 0.599. The van der Waals surface area contributed by atoms with Gasteiger partial charge in [0.15, 0.2) is 0 Å². The van der Waals surface area contributed by atoms with Crippen LogP contribution in [0.3, 0.4) is 0 Å². The van der Waals surface area contributed by atoms with Gasteiger partial charge >= 0.3 is 0 Å². The number of hydrogen-bond donors (Lipinski definition) is 2. The standard InChI is InChI=1S/C18H19N5O2S/c19-17-15-7-1-2-8-16(15)21-18(22-17)20-12-13-5-3-6-14(11-13)23-9-4-10-26(23,24)25/h1-3,5-8,11H,4,9-10,12H2,(H3,19,20,21,22). The Morgan fingerprint density at radius 3 is 2.77 bits per heavy atom. The summed E-state index contributed by atoms with van der Waals surface area (Å²) in [4.78, 5) is 8.75. The fraction of sp³-hybridized carbons (Fsp3) is 0.222. The van der Waals surface area contributed by atoms with Crippen molar-refractivity contribution >= 4 is 38.4 Å². The fourth-order valence-electron chi connectivity index (χ4n) is 3.11. The van der Waals surface area contributed by atoms with E-state index in [1.807, 2.05) is 48.5 Å². The maximum Gasteiger partial charge on any atom is 0.235 e. The van der Waals surface area contributed by atoms with Gasteiger partial charge in [-0.15, -0.1) is 0 Å². The van der Waals surface area contributed by atoms with E-state index in [0.29, 0.717) is 37.0 Å². The molecule has 0 amide bonds. The van der Waals surface area contributed by atoms with Crippen molar-refractivity contribution in [2.24, 2.45) is 0 Å². The van der Waals surface area contributed by atoms with Crippen molar-refractivity contribution in [2.75, 3.05) is 27.7 Å². The van der Waals surface area contributed by atoms with Crippen molar-refractivity contribution in [1.82, 2.24) is 9.97 Å². The molecule has 26 heavy (non-hydrogen) atoms. The van der Waals surface area contributed by atoms with E-state index < -0.39 is 10.0 Å². The van der Waals surface area contributed by atoms with Gasteiger partial charge in [-0.3, -0.25) is 4.31 Å². The zero-order valence-electron chi connectivity index (χ0n) is 14.1. The highest BCUT2D eigenvalue weighted by molar-refractivity contribution is 7.93. The lowest BCUT2D eigenvalue weighted by Gasteiger charge is -2.17. The molecule has 7 nitrogen and oxygen atoms in total. The number of nitrogens with two attached hydrogens (primary N) is 1. The molecule has 1 saturated heterocycles. The second-order valence-corrected chi connectivity index (χ2v) is 8.23. The molecule has 3 N–H and O–H groups in total. The monoisotopic (exact) mass is 369 g/mol. The molecule has 0 radical (unpaired) electrons. The largest absolute Gasteiger partial charge is 0.383 e. The summed E-state index contributed by atoms with van der Waals surface area (Å²) in [5.74, 6) is 1.08. The predicted octanol–water partition coefficient (Wildman–Crippen LogP) is 2.36. The van der Waals surface area contributed by atoms with Crippen LogP contribution in [0.4, 0.5) is 17.5 Å². The third-order valence-electron chi connectivity index (χ3n) is 4.38. The van der Waals surface area contributed by atoms with E-state index in [2.05, 4.69) is 15.3 Å². The molecule has 1 aliphatic rings. The van der Waals surface area contributed by atoms with Crippen LogP contribution in [0.15, 0.2) is 48.5 Å². The maximum atomic E-state index is 12.1. The molecule has 0 spiro atoms. The smallest absolute Gasteiger partial charge is 0.235 e. The molecule has 0 bridgehead atoms. The van der Waals surface area contributed by atoms with E-state index in [0.717, 1.165) is 16.5 Å². The summed E-state index contributed by atoms with van der Waals surface area (Å²) in [6, 6.07) is 15.0. The number of nitrogens with zero attached hydrogens (tertiary/aromatic N) is 3. The van der Waals surface area contributed by atoms with Gasteiger partial charge in [0.05, 0.1) is 17.0 Å². The SMILES string of the molecule is Nc1nc(NCc2cccc(N3CCCS3(=O)=O)c2)nc2ccccc12. The van der Waals surface area contributed by atoms with Crippen LogP contribution >= 0.6 is 0 Å². The summed E-state index contributed by atoms with van der Waals surface area (Å²) in [6.45, 7) is 1.00. The highest BCUT2D eigenvalue weighted by atomic mass is 32.2. The molecule has 1 aromatic heterocycles. The first-order chi connectivity index (χ1) is 12.5. The third-order valence-corrected chi connectivity index (χ3v) is 6.25. The molecule has 0 aliphatic carbocycles. The third kappa shape index (κ3) is 3.15. The molecule has 4 rings (SSSR count). The Morgan fingerprint density at radius 1 is 1.12 bits per heavy atom. The second-order valence-electron chi connectivity index (χ2n) is 6.21. The van der Waals surface area contributed by atoms with Gasteiger partial charge in [0.1, 0.15) is 5.82 Å². The molecule has 1 fully saturated rings. The lowest BCUT2D eigenvalue weighted by atomic mass is 10.2. The quantitative estimate of drug-likeness (QED) is 0.732. The number of sulfonamides is 1. The predicted molar refractivity (Wildman–Crippen MR) is 103 cm³/mol. The van der Waals surface area contributed by atoms with E-state index in [-0.39, 0.29) is 5.75 Å². The van der Waals surface area contributed by atoms with Gasteiger partial charge in [-0.1, -0.05) is 24.3 Å². The van der Waals surface area contributed by atoms with E-state index >= 15 is 0 Å². The summed E-state index contributed by atoms with van der Waals surface area (Å²) in [5.41, 5.74) is 8.41. The van der Waals surface area contributed by atoms with Crippen molar-refractivity contribution in [3.05, 3.63) is 54.1 Å². The summed E-state index contributed by atoms with van der Waals surface area (Å²) in [5, 5.41) is 3.98. The van der Waals surface area contributed by atoms with E-state index in [4.69, 9.17) is 5.73 Å². The number of rotatable bonds is 4. The lowest BCUT2D eigenvalue weighted by Crippen LogP contribution is -2.25. The van der Waals surface area contributed by atoms with Gasteiger partial charge in [0, 0.05) is 18.5 Å². The average molecular weight is 369 g/mol. The molecule has 0 saturated carbocycles. The van der Waals surface area contributed by atoms with Gasteiger partial charge in [-0.25, -0.2) is 13.4 Å². The topological polar surface area (TPSA) is 101 Å². The normalized spacial score (nSPS) is 16.1. The molecule has 8 heteroatoms. The molecule has 134 valence electrons. The molecular weight excluding hydrogens is 350 g/mol. The average Bonchev–Trinajstić information content (AvgIpc) is 2.99. The molecule has 0 atom stereocenters. The molecular formula is C18H19N5O2S. The van der Waals surface area contributed by atoms with E-state index in [9.17, 15) is 8.42 Å². The highest BCUT2D eigenvalue weighted by Gasteiger charge is 2.28. The number of nitrogen functional groups attached to an aromatic ring is 1. The van der Waals surface area contributed by atoms with E-state index in [1.165, 1.54) is 4.31 Å². The first-order valence-electron chi connectivity index (χ1n) is 8.38. The first-order valence-corrected chi connectivity index (χ1v) is 9.99. The summed E-state index contributed by atoms with van der Waals surface area (Å²) < 4.78 is 25.7. The van der Waals surface area contributed by atoms with Gasteiger partial charge in [0.25, 0.3) is 0 Å². The first kappa shape index (κ1) is 16.6. The Bertz CT molecular complexity index is 1070. The van der Waals surface area contributed by atoms with Crippen LogP contribution < -0.4 is 15.4 Å². The minimum absolute atomic E-state index is 0.208. The van der Waals surface area contributed by atoms with E-state index in [1.54, 1.807) is 0 Å². The number of fused-ring (bicyclic) bond motifs is 1. The Hall–Kier alpha value is -2.87. The zero-order chi connectivity index (χ0) is 18.1. The summed E-state index contributed by atoms with van der Waals surface area (Å²) in [6.07, 6.45) is 0.662. The van der Waals surface area contributed by atoms with Gasteiger partial charge < -0.3 is 11.1 Å². The zero-order valence-corrected chi connectivity index (χ0v) is 14.9. The number of nitrogens with one attached hydrogen (secondary N) is 1. The van der Waals surface area contributed by atoms with Crippen molar-refractivity contribution in [2.45, 2.75) is 13.0 Å². The molecule has 2 heterocycles. The van der Waals surface area contributed by atoms with Gasteiger partial charge in [-0.2, -0.15) is 4.98 Å². The Labute approximate surface area is 151 Å². The van der Waals surface area contributed by atoms with Crippen LogP contribution in [0.2, 0.25) is 0 Å². The van der Waals surface area contributed by atoms with Crippen molar-refractivity contribution in [3.8, 4) is 0 Å². The summed E-state index contributed by atoms with van der Waals surface area (Å²) in [7, 11) is -3.18. The Balaban J connectivity index is 1.54. The second kappa shape index (κ2) is 6.45. The molecule has 0 unspecified atom stereocenters. The number of anilines is 3. The van der Waals surface area contributed by atoms with Crippen molar-refractivity contribution < 1.29 is 8.42 Å². The van der Waals surface area contributed by atoms with Crippen molar-refractivity contribution in [1.29, 1.82) is 0 Å². The van der Waals surface area contributed by atoms with Crippen LogP contribution in [-0.2, 0) is 16.6 Å². The number of benzene rings is 2. The van der Waals surface area contributed by atoms with Crippen LogP contribution in [0.1, 0.15) is 12.0 Å². The Kier molecular flexibility index (Phi) is 4.12. The minimum atomic E-state index is -3.18. The number of hydrogen-bond acceptors (Lipinski definition) is 6. The minimum Gasteiger partial charge on any atom is -0.383 e. The number of aromatic nitrogens is 2. The molecule has 2 aromatic carbocycles. The molecule has 1 aliphatic heterocycles. The highest BCUT2D eigenvalue weighted by Crippen LogP contribution is 2.25. The maximum absolute atomic E-state index is 12.1. The van der Waals surface area contributed by atoms with Crippen LogP contribution in [-0.4, -0.2) is 30.7 Å².